The van der Waals surface area contributed by atoms with Crippen LogP contribution in [0.4, 0.5) is 10.1 Å². The van der Waals surface area contributed by atoms with Crippen LogP contribution in [0.3, 0.4) is 0 Å². The van der Waals surface area contributed by atoms with Crippen LogP contribution in [0.15, 0.2) is 58.2 Å². The molecule has 1 aromatic heterocycles. The third-order valence-electron chi connectivity index (χ3n) is 3.11. The quantitative estimate of drug-likeness (QED) is 0.686. The highest BCUT2D eigenvalue weighted by atomic mass is 35.5. The highest BCUT2D eigenvalue weighted by Gasteiger charge is 2.19. The molecule has 1 heterocycles. The largest absolute Gasteiger partial charge is 0.508 e. The maximum Gasteiger partial charge on any atom is 0.261 e. The van der Waals surface area contributed by atoms with Crippen molar-refractivity contribution < 1.29 is 22.3 Å². The molecule has 3 rings (SSSR count). The third kappa shape index (κ3) is 3.19. The second-order valence-electron chi connectivity index (χ2n) is 4.75. The van der Waals surface area contributed by atoms with Crippen molar-refractivity contribution in [3.63, 3.8) is 0 Å². The smallest absolute Gasteiger partial charge is 0.261 e. The van der Waals surface area contributed by atoms with E-state index in [4.69, 9.17) is 16.0 Å². The predicted molar refractivity (Wildman–Crippen MR) is 85.8 cm³/mol. The number of anilines is 1. The number of aromatic hydroxyl groups is 1. The molecule has 2 aromatic carbocycles. The summed E-state index contributed by atoms with van der Waals surface area (Å²) in [6.07, 6.45) is 2.70. The molecule has 0 aliphatic rings. The van der Waals surface area contributed by atoms with Crippen LogP contribution in [0.5, 0.6) is 5.75 Å². The van der Waals surface area contributed by atoms with Gasteiger partial charge in [-0.3, -0.25) is 4.72 Å². The number of hydrogen-bond acceptors (Lipinski definition) is 5. The first-order chi connectivity index (χ1) is 11.4. The summed E-state index contributed by atoms with van der Waals surface area (Å²) in [5.74, 6) is -0.683. The van der Waals surface area contributed by atoms with Gasteiger partial charge in [0.15, 0.2) is 0 Å². The van der Waals surface area contributed by atoms with Crippen LogP contribution in [0, 0.1) is 5.82 Å². The van der Waals surface area contributed by atoms with E-state index in [9.17, 15) is 17.9 Å². The molecule has 24 heavy (non-hydrogen) atoms. The van der Waals surface area contributed by atoms with E-state index in [1.54, 1.807) is 0 Å². The van der Waals surface area contributed by atoms with Crippen LogP contribution < -0.4 is 4.72 Å². The lowest BCUT2D eigenvalue weighted by Gasteiger charge is -2.12. The number of phenolic OH excluding ortho intramolecular Hbond substituents is 1. The summed E-state index contributed by atoms with van der Waals surface area (Å²) in [5, 5.41) is 9.30. The average molecular weight is 369 g/mol. The summed E-state index contributed by atoms with van der Waals surface area (Å²) in [4.78, 5) is 3.73. The lowest BCUT2D eigenvalue weighted by Crippen LogP contribution is -2.13. The molecule has 0 aliphatic carbocycles. The number of oxazole rings is 1. The van der Waals surface area contributed by atoms with Gasteiger partial charge in [0, 0.05) is 0 Å². The molecule has 9 heteroatoms. The Morgan fingerprint density at radius 3 is 2.67 bits per heavy atom. The SMILES string of the molecule is O=S(=O)(Nc1ccc(O)cc1-c1ncco1)c1ccc(F)c(Cl)c1. The van der Waals surface area contributed by atoms with Crippen molar-refractivity contribution in [1.29, 1.82) is 0 Å². The number of nitrogens with zero attached hydrogens (tertiary/aromatic N) is 1. The highest BCUT2D eigenvalue weighted by Crippen LogP contribution is 2.32. The van der Waals surface area contributed by atoms with Crippen molar-refractivity contribution in [3.05, 3.63) is 59.7 Å². The van der Waals surface area contributed by atoms with E-state index >= 15 is 0 Å². The number of benzene rings is 2. The van der Waals surface area contributed by atoms with Gasteiger partial charge in [-0.05, 0) is 36.4 Å². The summed E-state index contributed by atoms with van der Waals surface area (Å²) in [5.41, 5.74) is 0.382. The van der Waals surface area contributed by atoms with Crippen molar-refractivity contribution in [2.45, 2.75) is 4.90 Å². The van der Waals surface area contributed by atoms with Gasteiger partial charge in [0.1, 0.15) is 17.8 Å². The Balaban J connectivity index is 2.03. The Bertz CT molecular complexity index is 991. The zero-order chi connectivity index (χ0) is 17.3. The first-order valence-electron chi connectivity index (χ1n) is 6.57. The summed E-state index contributed by atoms with van der Waals surface area (Å²) in [7, 11) is -4.03. The first kappa shape index (κ1) is 16.3. The number of hydrogen-bond donors (Lipinski definition) is 2. The Morgan fingerprint density at radius 2 is 2.00 bits per heavy atom. The molecule has 0 spiro atoms. The van der Waals surface area contributed by atoms with Crippen LogP contribution in [0.2, 0.25) is 5.02 Å². The van der Waals surface area contributed by atoms with Gasteiger partial charge >= 0.3 is 0 Å². The fourth-order valence-electron chi connectivity index (χ4n) is 2.00. The zero-order valence-electron chi connectivity index (χ0n) is 11.9. The minimum atomic E-state index is -4.03. The molecule has 0 saturated heterocycles. The normalized spacial score (nSPS) is 11.4. The van der Waals surface area contributed by atoms with Gasteiger partial charge in [0.05, 0.1) is 27.4 Å². The molecular formula is C15H10ClFN2O4S. The Labute approximate surface area is 141 Å². The van der Waals surface area contributed by atoms with Crippen LogP contribution in [-0.2, 0) is 10.0 Å². The summed E-state index contributed by atoms with van der Waals surface area (Å²) >= 11 is 5.63. The highest BCUT2D eigenvalue weighted by molar-refractivity contribution is 7.92. The predicted octanol–water partition coefficient (Wildman–Crippen LogP) is 3.64. The molecule has 0 unspecified atom stereocenters. The van der Waals surface area contributed by atoms with Crippen LogP contribution in [0.25, 0.3) is 11.5 Å². The van der Waals surface area contributed by atoms with Crippen molar-refractivity contribution in [2.75, 3.05) is 4.72 Å². The van der Waals surface area contributed by atoms with Crippen molar-refractivity contribution in [3.8, 4) is 17.2 Å². The molecule has 0 bridgehead atoms. The summed E-state index contributed by atoms with van der Waals surface area (Å²) in [6, 6.07) is 7.03. The molecule has 0 saturated carbocycles. The topological polar surface area (TPSA) is 92.4 Å². The molecule has 0 atom stereocenters. The Morgan fingerprint density at radius 1 is 1.21 bits per heavy atom. The van der Waals surface area contributed by atoms with Gasteiger partial charge in [-0.15, -0.1) is 0 Å². The Kier molecular flexibility index (Phi) is 4.16. The maximum atomic E-state index is 13.2. The molecule has 0 amide bonds. The number of halogens is 2. The fourth-order valence-corrected chi connectivity index (χ4v) is 3.35. The lowest BCUT2D eigenvalue weighted by molar-refractivity contribution is 0.475. The van der Waals surface area contributed by atoms with Gasteiger partial charge in [-0.25, -0.2) is 17.8 Å². The maximum absolute atomic E-state index is 13.2. The number of nitrogens with one attached hydrogen (secondary N) is 1. The molecule has 3 aromatic rings. The van der Waals surface area contributed by atoms with E-state index in [1.165, 1.54) is 30.7 Å². The minimum absolute atomic E-state index is 0.0871. The van der Waals surface area contributed by atoms with E-state index in [-0.39, 0.29) is 32.8 Å². The monoisotopic (exact) mass is 368 g/mol. The summed E-state index contributed by atoms with van der Waals surface area (Å²) < 4.78 is 45.6. The molecule has 2 N–H and O–H groups in total. The third-order valence-corrected chi connectivity index (χ3v) is 4.76. The molecule has 0 radical (unpaired) electrons. The number of phenols is 1. The number of rotatable bonds is 4. The average Bonchev–Trinajstić information content (AvgIpc) is 3.05. The van der Waals surface area contributed by atoms with Crippen LogP contribution in [-0.4, -0.2) is 18.5 Å². The number of sulfonamides is 1. The minimum Gasteiger partial charge on any atom is -0.508 e. The van der Waals surface area contributed by atoms with Crippen LogP contribution >= 0.6 is 11.6 Å². The van der Waals surface area contributed by atoms with Crippen LogP contribution in [0.1, 0.15) is 0 Å². The molecule has 0 fully saturated rings. The van der Waals surface area contributed by atoms with E-state index < -0.39 is 15.8 Å². The van der Waals surface area contributed by atoms with Gasteiger partial charge in [-0.1, -0.05) is 11.6 Å². The van der Waals surface area contributed by atoms with E-state index in [2.05, 4.69) is 9.71 Å². The van der Waals surface area contributed by atoms with Crippen molar-refractivity contribution >= 4 is 27.3 Å². The molecule has 6 nitrogen and oxygen atoms in total. The zero-order valence-corrected chi connectivity index (χ0v) is 13.5. The van der Waals surface area contributed by atoms with Crippen molar-refractivity contribution in [1.82, 2.24) is 4.98 Å². The molecule has 0 aliphatic heterocycles. The van der Waals surface area contributed by atoms with E-state index in [1.807, 2.05) is 0 Å². The fraction of sp³-hybridized carbons (Fsp3) is 0. The lowest BCUT2D eigenvalue weighted by atomic mass is 10.1. The molecule has 124 valence electrons. The number of aromatic nitrogens is 1. The van der Waals surface area contributed by atoms with Gasteiger partial charge < -0.3 is 9.52 Å². The van der Waals surface area contributed by atoms with Gasteiger partial charge in [0.25, 0.3) is 10.0 Å². The first-order valence-corrected chi connectivity index (χ1v) is 8.44. The standard InChI is InChI=1S/C15H10ClFN2O4S/c16-12-8-10(2-3-13(12)17)24(21,22)19-14-4-1-9(20)7-11(14)15-18-5-6-23-15/h1-8,19-20H. The second kappa shape index (κ2) is 6.14. The van der Waals surface area contributed by atoms with E-state index in [0.29, 0.717) is 0 Å². The summed E-state index contributed by atoms with van der Waals surface area (Å²) in [6.45, 7) is 0. The molecular weight excluding hydrogens is 359 g/mol. The van der Waals surface area contributed by atoms with Gasteiger partial charge in [-0.2, -0.15) is 0 Å². The van der Waals surface area contributed by atoms with Gasteiger partial charge in [0.2, 0.25) is 5.89 Å². The van der Waals surface area contributed by atoms with Crippen molar-refractivity contribution in [2.24, 2.45) is 0 Å². The Hall–Kier alpha value is -2.58. The van der Waals surface area contributed by atoms with E-state index in [0.717, 1.165) is 18.2 Å². The second-order valence-corrected chi connectivity index (χ2v) is 6.84.